The van der Waals surface area contributed by atoms with Crippen LogP contribution in [0.3, 0.4) is 0 Å². The molecule has 104 valence electrons. The van der Waals surface area contributed by atoms with Crippen LogP contribution in [-0.4, -0.2) is 9.55 Å². The molecule has 0 aliphatic rings. The Bertz CT molecular complexity index is 971. The normalized spacial score (nSPS) is 10.8. The second-order valence-corrected chi connectivity index (χ2v) is 6.00. The van der Waals surface area contributed by atoms with Gasteiger partial charge in [-0.1, -0.05) is 11.6 Å². The minimum atomic E-state index is -0.411. The van der Waals surface area contributed by atoms with Crippen molar-refractivity contribution in [1.82, 2.24) is 9.55 Å². The summed E-state index contributed by atoms with van der Waals surface area (Å²) in [5.74, 6) is -0.411. The highest BCUT2D eigenvalue weighted by molar-refractivity contribution is 9.10. The number of benzene rings is 2. The molecule has 0 atom stereocenters. The van der Waals surface area contributed by atoms with E-state index >= 15 is 0 Å². The second kappa shape index (κ2) is 5.26. The van der Waals surface area contributed by atoms with Gasteiger partial charge in [-0.25, -0.2) is 4.39 Å². The molecule has 0 radical (unpaired) electrons. The molecule has 0 unspecified atom stereocenters. The molecule has 3 aromatic rings. The van der Waals surface area contributed by atoms with Gasteiger partial charge in [-0.3, -0.25) is 4.57 Å². The molecule has 3 rings (SSSR count). The van der Waals surface area contributed by atoms with Crippen LogP contribution in [0, 0.1) is 21.9 Å². The summed E-state index contributed by atoms with van der Waals surface area (Å²) in [5, 5.41) is 9.71. The first-order valence-electron chi connectivity index (χ1n) is 5.81. The van der Waals surface area contributed by atoms with Gasteiger partial charge in [0.25, 0.3) is 0 Å². The molecule has 1 aromatic heterocycles. The van der Waals surface area contributed by atoms with Gasteiger partial charge in [-0.05, 0) is 52.4 Å². The van der Waals surface area contributed by atoms with Crippen molar-refractivity contribution in [2.45, 2.75) is 0 Å². The van der Waals surface area contributed by atoms with Gasteiger partial charge in [0.1, 0.15) is 11.9 Å². The van der Waals surface area contributed by atoms with Gasteiger partial charge < -0.3 is 4.98 Å². The predicted molar refractivity (Wildman–Crippen MR) is 85.8 cm³/mol. The lowest BCUT2D eigenvalue weighted by molar-refractivity contribution is 0.622. The number of H-pyrrole nitrogens is 1. The zero-order valence-electron chi connectivity index (χ0n) is 10.3. The summed E-state index contributed by atoms with van der Waals surface area (Å²) >= 11 is 14.4. The van der Waals surface area contributed by atoms with E-state index in [0.717, 1.165) is 0 Å². The summed E-state index contributed by atoms with van der Waals surface area (Å²) < 4.78 is 16.1. The van der Waals surface area contributed by atoms with E-state index in [2.05, 4.69) is 27.0 Å². The third-order valence-corrected chi connectivity index (χ3v) is 4.17. The van der Waals surface area contributed by atoms with Gasteiger partial charge in [-0.2, -0.15) is 5.26 Å². The average Bonchev–Trinajstić information content (AvgIpc) is 2.74. The fourth-order valence-electron chi connectivity index (χ4n) is 2.13. The Morgan fingerprint density at radius 2 is 2.10 bits per heavy atom. The van der Waals surface area contributed by atoms with E-state index in [9.17, 15) is 9.65 Å². The van der Waals surface area contributed by atoms with E-state index in [1.54, 1.807) is 28.8 Å². The van der Waals surface area contributed by atoms with Gasteiger partial charge in [-0.15, -0.1) is 0 Å². The topological polar surface area (TPSA) is 44.5 Å². The monoisotopic (exact) mass is 381 g/mol. The lowest BCUT2D eigenvalue weighted by Crippen LogP contribution is -1.98. The Kier molecular flexibility index (Phi) is 3.57. The smallest absolute Gasteiger partial charge is 0.182 e. The summed E-state index contributed by atoms with van der Waals surface area (Å²) in [7, 11) is 0. The molecule has 0 saturated heterocycles. The molecule has 0 spiro atoms. The van der Waals surface area contributed by atoms with Gasteiger partial charge in [0, 0.05) is 11.1 Å². The molecule has 0 amide bonds. The van der Waals surface area contributed by atoms with Crippen LogP contribution in [0.25, 0.3) is 16.7 Å². The number of aromatic nitrogens is 2. The molecule has 0 fully saturated rings. The molecule has 2 aromatic carbocycles. The summed E-state index contributed by atoms with van der Waals surface area (Å²) in [5.41, 5.74) is 2.12. The standard InChI is InChI=1S/C14H6BrClFN3S/c15-9-4-11-13(5-10(9)17)20(14(21)19-11)12-3-8(16)2-1-7(12)6-18/h1-5H,(H,19,21). The van der Waals surface area contributed by atoms with Crippen molar-refractivity contribution in [3.8, 4) is 11.8 Å². The Labute approximate surface area is 137 Å². The third kappa shape index (κ3) is 2.38. The van der Waals surface area contributed by atoms with Gasteiger partial charge in [0.2, 0.25) is 0 Å². The molecular weight excluding hydrogens is 377 g/mol. The van der Waals surface area contributed by atoms with Crippen LogP contribution >= 0.6 is 39.7 Å². The Morgan fingerprint density at radius 3 is 2.81 bits per heavy atom. The Hall–Kier alpha value is -1.68. The zero-order valence-corrected chi connectivity index (χ0v) is 13.5. The lowest BCUT2D eigenvalue weighted by Gasteiger charge is -2.07. The molecular formula is C14H6BrClFN3S. The zero-order chi connectivity index (χ0) is 15.1. The molecule has 7 heteroatoms. The number of nitriles is 1. The number of nitrogens with zero attached hydrogens (tertiary/aromatic N) is 2. The first-order chi connectivity index (χ1) is 10.0. The van der Waals surface area contributed by atoms with Crippen molar-refractivity contribution in [3.05, 3.63) is 56.0 Å². The van der Waals surface area contributed by atoms with Crippen molar-refractivity contribution >= 4 is 50.8 Å². The van der Waals surface area contributed by atoms with E-state index in [1.807, 2.05) is 0 Å². The van der Waals surface area contributed by atoms with Gasteiger partial charge >= 0.3 is 0 Å². The summed E-state index contributed by atoms with van der Waals surface area (Å²) in [6, 6.07) is 9.90. The van der Waals surface area contributed by atoms with Crippen molar-refractivity contribution in [3.63, 3.8) is 0 Å². The highest BCUT2D eigenvalue weighted by Crippen LogP contribution is 2.28. The van der Waals surface area contributed by atoms with Gasteiger partial charge in [0.05, 0.1) is 26.8 Å². The van der Waals surface area contributed by atoms with E-state index in [0.29, 0.717) is 36.6 Å². The molecule has 21 heavy (non-hydrogen) atoms. The van der Waals surface area contributed by atoms with Crippen LogP contribution in [0.5, 0.6) is 0 Å². The van der Waals surface area contributed by atoms with E-state index < -0.39 is 5.82 Å². The first kappa shape index (κ1) is 14.3. The van der Waals surface area contributed by atoms with E-state index in [-0.39, 0.29) is 0 Å². The van der Waals surface area contributed by atoms with Crippen LogP contribution in [0.4, 0.5) is 4.39 Å². The highest BCUT2D eigenvalue weighted by Gasteiger charge is 2.13. The van der Waals surface area contributed by atoms with E-state index in [4.69, 9.17) is 23.8 Å². The number of rotatable bonds is 1. The van der Waals surface area contributed by atoms with Crippen LogP contribution < -0.4 is 0 Å². The maximum Gasteiger partial charge on any atom is 0.182 e. The quantitative estimate of drug-likeness (QED) is 0.594. The van der Waals surface area contributed by atoms with Crippen LogP contribution in [-0.2, 0) is 0 Å². The van der Waals surface area contributed by atoms with Crippen LogP contribution in [0.2, 0.25) is 5.02 Å². The van der Waals surface area contributed by atoms with Gasteiger partial charge in [0.15, 0.2) is 4.77 Å². The minimum Gasteiger partial charge on any atom is -0.330 e. The molecule has 3 nitrogen and oxygen atoms in total. The molecule has 0 aliphatic heterocycles. The predicted octanol–water partition coefficient (Wildman–Crippen LogP) is 5.11. The maximum atomic E-state index is 13.8. The Balaban J connectivity index is 2.44. The summed E-state index contributed by atoms with van der Waals surface area (Å²) in [4.78, 5) is 2.99. The number of aromatic amines is 1. The second-order valence-electron chi connectivity index (χ2n) is 4.32. The number of halogens is 3. The highest BCUT2D eigenvalue weighted by atomic mass is 79.9. The number of hydrogen-bond donors (Lipinski definition) is 1. The van der Waals surface area contributed by atoms with Crippen molar-refractivity contribution in [2.75, 3.05) is 0 Å². The third-order valence-electron chi connectivity index (χ3n) is 3.05. The first-order valence-corrected chi connectivity index (χ1v) is 7.39. The van der Waals surface area contributed by atoms with Crippen molar-refractivity contribution in [2.24, 2.45) is 0 Å². The molecule has 1 heterocycles. The SMILES string of the molecule is N#Cc1ccc(Cl)cc1-n1c(=S)[nH]c2cc(Br)c(F)cc21. The maximum absolute atomic E-state index is 13.8. The number of nitrogens with one attached hydrogen (secondary N) is 1. The Morgan fingerprint density at radius 1 is 1.33 bits per heavy atom. The van der Waals surface area contributed by atoms with Crippen LogP contribution in [0.1, 0.15) is 5.56 Å². The molecule has 0 aliphatic carbocycles. The molecule has 0 bridgehead atoms. The van der Waals surface area contributed by atoms with Crippen molar-refractivity contribution in [1.29, 1.82) is 5.26 Å². The van der Waals surface area contributed by atoms with Crippen molar-refractivity contribution < 1.29 is 4.39 Å². The number of imidazole rings is 1. The lowest BCUT2D eigenvalue weighted by atomic mass is 10.2. The molecule has 1 N–H and O–H groups in total. The number of hydrogen-bond acceptors (Lipinski definition) is 2. The summed E-state index contributed by atoms with van der Waals surface area (Å²) in [6.45, 7) is 0. The average molecular weight is 383 g/mol. The molecule has 0 saturated carbocycles. The van der Waals surface area contributed by atoms with E-state index in [1.165, 1.54) is 6.07 Å². The summed E-state index contributed by atoms with van der Waals surface area (Å²) in [6.07, 6.45) is 0. The van der Waals surface area contributed by atoms with Crippen LogP contribution in [0.15, 0.2) is 34.8 Å². The minimum absolute atomic E-state index is 0.338. The largest absolute Gasteiger partial charge is 0.330 e. The number of fused-ring (bicyclic) bond motifs is 1. The fraction of sp³-hybridized carbons (Fsp3) is 0. The fourth-order valence-corrected chi connectivity index (χ4v) is 2.94.